The van der Waals surface area contributed by atoms with Crippen LogP contribution in [0.4, 0.5) is 5.69 Å². The second-order valence-electron chi connectivity index (χ2n) is 5.49. The minimum Gasteiger partial charge on any atom is -0.337 e. The molecule has 9 heteroatoms. The van der Waals surface area contributed by atoms with Gasteiger partial charge in [0.15, 0.2) is 0 Å². The molecule has 0 spiro atoms. The molecule has 0 atom stereocenters. The van der Waals surface area contributed by atoms with Gasteiger partial charge >= 0.3 is 0 Å². The third-order valence-electron chi connectivity index (χ3n) is 3.60. The molecule has 3 rings (SSSR count). The average Bonchev–Trinajstić information content (AvgIpc) is 3.09. The van der Waals surface area contributed by atoms with Crippen LogP contribution in [-0.4, -0.2) is 32.9 Å². The van der Waals surface area contributed by atoms with E-state index in [2.05, 4.69) is 26.1 Å². The van der Waals surface area contributed by atoms with E-state index in [4.69, 9.17) is 4.52 Å². The van der Waals surface area contributed by atoms with Crippen molar-refractivity contribution in [3.63, 3.8) is 0 Å². The number of nitrogens with zero attached hydrogens (tertiary/aromatic N) is 4. The summed E-state index contributed by atoms with van der Waals surface area (Å²) in [5.74, 6) is 0.414. The third kappa shape index (κ3) is 3.94. The summed E-state index contributed by atoms with van der Waals surface area (Å²) in [4.78, 5) is 28.3. The van der Waals surface area contributed by atoms with Gasteiger partial charge in [-0.1, -0.05) is 33.2 Å². The first kappa shape index (κ1) is 17.7. The molecule has 1 aromatic heterocycles. The smallest absolute Gasteiger partial charge is 0.269 e. The molecule has 8 nitrogen and oxygen atoms in total. The van der Waals surface area contributed by atoms with Crippen molar-refractivity contribution in [2.45, 2.75) is 6.54 Å². The van der Waals surface area contributed by atoms with Crippen molar-refractivity contribution in [1.82, 2.24) is 15.0 Å². The Morgan fingerprint density at radius 1 is 1.27 bits per heavy atom. The molecule has 132 valence electrons. The van der Waals surface area contributed by atoms with Gasteiger partial charge in [0, 0.05) is 34.8 Å². The van der Waals surface area contributed by atoms with Gasteiger partial charge in [0.05, 0.1) is 11.5 Å². The first-order chi connectivity index (χ1) is 12.4. The van der Waals surface area contributed by atoms with Gasteiger partial charge < -0.3 is 9.42 Å². The minimum absolute atomic E-state index is 0.0697. The Morgan fingerprint density at radius 2 is 2.00 bits per heavy atom. The maximum atomic E-state index is 12.4. The minimum atomic E-state index is -0.514. The van der Waals surface area contributed by atoms with Crippen LogP contribution in [0, 0.1) is 10.1 Å². The van der Waals surface area contributed by atoms with Crippen molar-refractivity contribution >= 4 is 27.5 Å². The highest BCUT2D eigenvalue weighted by atomic mass is 79.9. The molecule has 0 unspecified atom stereocenters. The van der Waals surface area contributed by atoms with Crippen LogP contribution in [0.25, 0.3) is 11.4 Å². The highest BCUT2D eigenvalue weighted by Crippen LogP contribution is 2.21. The number of carbonyl (C=O) groups excluding carboxylic acids is 1. The van der Waals surface area contributed by atoms with Crippen LogP contribution >= 0.6 is 15.9 Å². The van der Waals surface area contributed by atoms with Gasteiger partial charge in [-0.15, -0.1) is 0 Å². The van der Waals surface area contributed by atoms with Crippen LogP contribution in [0.5, 0.6) is 0 Å². The number of nitro benzene ring substituents is 1. The summed E-state index contributed by atoms with van der Waals surface area (Å²) >= 11 is 3.38. The molecule has 0 bridgehead atoms. The van der Waals surface area contributed by atoms with Gasteiger partial charge in [0.2, 0.25) is 11.7 Å². The SMILES string of the molecule is CN(Cc1nc(-c2cccc(Br)c2)no1)C(=O)c1ccc([N+](=O)[O-])cc1. The molecule has 0 N–H and O–H groups in total. The number of hydrogen-bond donors (Lipinski definition) is 0. The standard InChI is InChI=1S/C17H13BrN4O4/c1-21(17(23)11-5-7-14(8-6-11)22(24)25)10-15-19-16(20-26-15)12-3-2-4-13(18)9-12/h2-9H,10H2,1H3. The molecule has 0 radical (unpaired) electrons. The lowest BCUT2D eigenvalue weighted by Gasteiger charge is -2.14. The second kappa shape index (κ2) is 7.44. The van der Waals surface area contributed by atoms with Crippen molar-refractivity contribution in [2.75, 3.05) is 7.05 Å². The quantitative estimate of drug-likeness (QED) is 0.464. The van der Waals surface area contributed by atoms with E-state index in [-0.39, 0.29) is 24.0 Å². The lowest BCUT2D eigenvalue weighted by molar-refractivity contribution is -0.384. The topological polar surface area (TPSA) is 102 Å². The van der Waals surface area contributed by atoms with Crippen LogP contribution in [-0.2, 0) is 6.54 Å². The molecular formula is C17H13BrN4O4. The normalized spacial score (nSPS) is 10.5. The zero-order chi connectivity index (χ0) is 18.7. The lowest BCUT2D eigenvalue weighted by Crippen LogP contribution is -2.26. The van der Waals surface area contributed by atoms with Crippen LogP contribution < -0.4 is 0 Å². The summed E-state index contributed by atoms with van der Waals surface area (Å²) in [6.45, 7) is 0.122. The largest absolute Gasteiger partial charge is 0.337 e. The number of nitro groups is 1. The summed E-state index contributed by atoms with van der Waals surface area (Å²) in [6, 6.07) is 12.9. The molecule has 1 heterocycles. The van der Waals surface area contributed by atoms with E-state index >= 15 is 0 Å². The summed E-state index contributed by atoms with van der Waals surface area (Å²) in [7, 11) is 1.59. The van der Waals surface area contributed by atoms with Crippen LogP contribution in [0.3, 0.4) is 0 Å². The predicted octanol–water partition coefficient (Wildman–Crippen LogP) is 3.68. The second-order valence-corrected chi connectivity index (χ2v) is 6.40. The molecule has 2 aromatic carbocycles. The molecule has 0 fully saturated rings. The molecule has 0 aliphatic heterocycles. The fraction of sp³-hybridized carbons (Fsp3) is 0.118. The highest BCUT2D eigenvalue weighted by molar-refractivity contribution is 9.10. The van der Waals surface area contributed by atoms with Gasteiger partial charge in [0.1, 0.15) is 0 Å². The molecule has 0 saturated carbocycles. The summed E-state index contributed by atoms with van der Waals surface area (Å²) in [5, 5.41) is 14.6. The molecule has 1 amide bonds. The Bertz CT molecular complexity index is 955. The van der Waals surface area contributed by atoms with E-state index < -0.39 is 4.92 Å². The van der Waals surface area contributed by atoms with E-state index in [1.54, 1.807) is 7.05 Å². The molecule has 0 aliphatic rings. The molecule has 3 aromatic rings. The Hall–Kier alpha value is -3.07. The van der Waals surface area contributed by atoms with E-state index in [1.807, 2.05) is 24.3 Å². The van der Waals surface area contributed by atoms with Crippen molar-refractivity contribution in [1.29, 1.82) is 0 Å². The van der Waals surface area contributed by atoms with Gasteiger partial charge in [-0.05, 0) is 24.3 Å². The predicted molar refractivity (Wildman–Crippen MR) is 96.3 cm³/mol. The maximum absolute atomic E-state index is 12.4. The van der Waals surface area contributed by atoms with E-state index in [0.717, 1.165) is 10.0 Å². The zero-order valence-corrected chi connectivity index (χ0v) is 15.2. The number of halogens is 1. The van der Waals surface area contributed by atoms with Crippen molar-refractivity contribution < 1.29 is 14.2 Å². The summed E-state index contributed by atoms with van der Waals surface area (Å²) in [5.41, 5.74) is 1.06. The zero-order valence-electron chi connectivity index (χ0n) is 13.6. The van der Waals surface area contributed by atoms with Gasteiger partial charge in [-0.2, -0.15) is 4.98 Å². The van der Waals surface area contributed by atoms with Crippen molar-refractivity contribution in [3.05, 3.63) is 74.6 Å². The molecule has 0 aliphatic carbocycles. The van der Waals surface area contributed by atoms with Gasteiger partial charge in [-0.3, -0.25) is 14.9 Å². The Morgan fingerprint density at radius 3 is 2.65 bits per heavy atom. The van der Waals surface area contributed by atoms with Crippen molar-refractivity contribution in [2.24, 2.45) is 0 Å². The summed E-state index contributed by atoms with van der Waals surface area (Å²) < 4.78 is 6.10. The first-order valence-electron chi connectivity index (χ1n) is 7.52. The van der Waals surface area contributed by atoms with E-state index in [1.165, 1.54) is 29.2 Å². The number of aromatic nitrogens is 2. The number of non-ortho nitro benzene ring substituents is 1. The molecule has 26 heavy (non-hydrogen) atoms. The van der Waals surface area contributed by atoms with Crippen molar-refractivity contribution in [3.8, 4) is 11.4 Å². The Balaban J connectivity index is 1.70. The van der Waals surface area contributed by atoms with E-state index in [9.17, 15) is 14.9 Å². The number of rotatable bonds is 5. The maximum Gasteiger partial charge on any atom is 0.269 e. The highest BCUT2D eigenvalue weighted by Gasteiger charge is 2.17. The fourth-order valence-electron chi connectivity index (χ4n) is 2.28. The third-order valence-corrected chi connectivity index (χ3v) is 4.09. The summed E-state index contributed by atoms with van der Waals surface area (Å²) in [6.07, 6.45) is 0. The monoisotopic (exact) mass is 416 g/mol. The Labute approximate surface area is 156 Å². The molecule has 0 saturated heterocycles. The lowest BCUT2D eigenvalue weighted by atomic mass is 10.2. The average molecular weight is 417 g/mol. The van der Waals surface area contributed by atoms with Crippen LogP contribution in [0.1, 0.15) is 16.2 Å². The Kier molecular flexibility index (Phi) is 5.08. The number of hydrogen-bond acceptors (Lipinski definition) is 6. The first-order valence-corrected chi connectivity index (χ1v) is 8.32. The molecular weight excluding hydrogens is 404 g/mol. The van der Waals surface area contributed by atoms with Gasteiger partial charge in [-0.25, -0.2) is 0 Å². The number of benzene rings is 2. The van der Waals surface area contributed by atoms with Gasteiger partial charge in [0.25, 0.3) is 11.6 Å². The van der Waals surface area contributed by atoms with E-state index in [0.29, 0.717) is 11.4 Å². The fourth-order valence-corrected chi connectivity index (χ4v) is 2.68. The number of carbonyl (C=O) groups is 1. The number of amides is 1. The van der Waals surface area contributed by atoms with Crippen LogP contribution in [0.2, 0.25) is 0 Å². The van der Waals surface area contributed by atoms with Crippen LogP contribution in [0.15, 0.2) is 57.5 Å².